The lowest BCUT2D eigenvalue weighted by atomic mass is 9.50. The Morgan fingerprint density at radius 2 is 1.86 bits per heavy atom. The highest BCUT2D eigenvalue weighted by Crippen LogP contribution is 2.31. The molecule has 2 heterocycles. The summed E-state index contributed by atoms with van der Waals surface area (Å²) in [5, 5.41) is 3.43. The van der Waals surface area contributed by atoms with Crippen molar-refractivity contribution in [3.63, 3.8) is 0 Å². The molecule has 0 aliphatic heterocycles. The third-order valence-electron chi connectivity index (χ3n) is 5.61. The zero-order valence-electron chi connectivity index (χ0n) is 21.3. The maximum atomic E-state index is 15.0. The minimum absolute atomic E-state index is 0.143. The number of benzene rings is 1. The number of aromatic nitrogens is 3. The summed E-state index contributed by atoms with van der Waals surface area (Å²) in [4.78, 5) is 12.7. The Bertz CT molecular complexity index is 1360. The number of hydrogen-bond acceptors (Lipinski definition) is 7. The molecule has 0 bridgehead atoms. The molecule has 0 radical (unpaired) electrons. The first-order valence-corrected chi connectivity index (χ1v) is 13.0. The molecule has 182 valence electrons. The molecule has 2 N–H and O–H groups in total. The second-order valence-electron chi connectivity index (χ2n) is 9.82. The van der Waals surface area contributed by atoms with Gasteiger partial charge >= 0.3 is 0 Å². The van der Waals surface area contributed by atoms with E-state index in [1.165, 1.54) is 13.1 Å². The Morgan fingerprint density at radius 1 is 1.20 bits per heavy atom. The molecule has 13 heteroatoms. The fraction of sp³-hybridized carbons (Fsp3) is 0.364. The van der Waals surface area contributed by atoms with Crippen LogP contribution in [0.3, 0.4) is 0 Å². The predicted octanol–water partition coefficient (Wildman–Crippen LogP) is 0.744. The molecule has 0 aliphatic carbocycles. The Morgan fingerprint density at radius 3 is 2.43 bits per heavy atom. The summed E-state index contributed by atoms with van der Waals surface area (Å²) in [5.41, 5.74) is 8.42. The molecule has 1 aromatic carbocycles. The van der Waals surface area contributed by atoms with Crippen molar-refractivity contribution >= 4 is 39.1 Å². The normalized spacial score (nSPS) is 14.5. The van der Waals surface area contributed by atoms with E-state index in [9.17, 15) is 8.60 Å². The monoisotopic (exact) mass is 494 g/mol. The molecule has 0 spiro atoms. The van der Waals surface area contributed by atoms with Gasteiger partial charge in [0.2, 0.25) is 0 Å². The number of halogens is 1. The molecular weight excluding hydrogens is 464 g/mol. The van der Waals surface area contributed by atoms with Crippen LogP contribution in [-0.2, 0) is 21.9 Å². The van der Waals surface area contributed by atoms with Crippen molar-refractivity contribution in [2.45, 2.75) is 42.9 Å². The molecule has 1 unspecified atom stereocenters. The molecule has 0 amide bonds. The molecule has 2 aromatic heterocycles. The number of hydrogen-bond donors (Lipinski definition) is 1. The molecule has 0 aliphatic rings. The van der Waals surface area contributed by atoms with Gasteiger partial charge in [-0.05, 0) is 49.3 Å². The van der Waals surface area contributed by atoms with E-state index in [2.05, 4.69) is 24.5 Å². The van der Waals surface area contributed by atoms with E-state index in [-0.39, 0.29) is 17.2 Å². The second kappa shape index (κ2) is 9.97. The molecular formula is C22H30B3FN6O2S. The first-order valence-electron chi connectivity index (χ1n) is 11.3. The van der Waals surface area contributed by atoms with Crippen LogP contribution in [0.2, 0.25) is 0 Å². The number of aryl methyl sites for hydroxylation is 1. The molecule has 0 saturated carbocycles. The Balaban J connectivity index is 2.03. The molecule has 1 atom stereocenters. The summed E-state index contributed by atoms with van der Waals surface area (Å²) in [6.07, 6.45) is 4.32. The number of nitrogens with zero attached hydrogens (tertiary/aromatic N) is 5. The van der Waals surface area contributed by atoms with E-state index in [1.54, 1.807) is 44.4 Å². The van der Waals surface area contributed by atoms with Crippen molar-refractivity contribution in [2.24, 2.45) is 15.1 Å². The van der Waals surface area contributed by atoms with Crippen LogP contribution in [0.5, 0.6) is 0 Å². The van der Waals surface area contributed by atoms with Gasteiger partial charge in [-0.25, -0.2) is 18.6 Å². The van der Waals surface area contributed by atoms with Gasteiger partial charge in [0.05, 0.1) is 15.5 Å². The van der Waals surface area contributed by atoms with Gasteiger partial charge in [0, 0.05) is 36.6 Å². The summed E-state index contributed by atoms with van der Waals surface area (Å²) >= 11 is 0. The van der Waals surface area contributed by atoms with E-state index in [0.29, 0.717) is 22.8 Å². The largest absolute Gasteiger partial charge is 0.386 e. The summed E-state index contributed by atoms with van der Waals surface area (Å²) in [6, 6.07) is 6.20. The average molecular weight is 494 g/mol. The highest BCUT2D eigenvalue weighted by atomic mass is 32.2. The topological polar surface area (TPSA) is 120 Å². The number of rotatable bonds is 8. The van der Waals surface area contributed by atoms with E-state index in [0.717, 1.165) is 12.0 Å². The van der Waals surface area contributed by atoms with Gasteiger partial charge in [-0.2, -0.15) is 0 Å². The third kappa shape index (κ3) is 5.83. The minimum Gasteiger partial charge on any atom is -0.386 e. The highest BCUT2D eigenvalue weighted by Gasteiger charge is 2.38. The highest BCUT2D eigenvalue weighted by molar-refractivity contribution is 7.95. The van der Waals surface area contributed by atoms with E-state index >= 15 is 0 Å². The first kappa shape index (κ1) is 26.7. The zero-order valence-corrected chi connectivity index (χ0v) is 22.1. The molecule has 8 nitrogen and oxygen atoms in total. The predicted molar refractivity (Wildman–Crippen MR) is 147 cm³/mol. The zero-order chi connectivity index (χ0) is 26.0. The van der Waals surface area contributed by atoms with Gasteiger partial charge in [0.25, 0.3) is 0 Å². The van der Waals surface area contributed by atoms with Crippen molar-refractivity contribution in [3.8, 4) is 22.8 Å². The fourth-order valence-corrected chi connectivity index (χ4v) is 6.04. The van der Waals surface area contributed by atoms with E-state index in [4.69, 9.17) is 10.3 Å². The van der Waals surface area contributed by atoms with Crippen molar-refractivity contribution < 1.29 is 13.1 Å². The van der Waals surface area contributed by atoms with Gasteiger partial charge in [0.1, 0.15) is 39.9 Å². The Labute approximate surface area is 208 Å². The molecule has 3 rings (SSSR count). The van der Waals surface area contributed by atoms with Crippen molar-refractivity contribution in [2.75, 3.05) is 7.05 Å². The van der Waals surface area contributed by atoms with Crippen LogP contribution < -0.4 is 5.73 Å². The first-order chi connectivity index (χ1) is 16.3. The fourth-order valence-electron chi connectivity index (χ4n) is 3.44. The van der Waals surface area contributed by atoms with Crippen LogP contribution in [0, 0.1) is 5.82 Å². The van der Waals surface area contributed by atoms with Crippen molar-refractivity contribution in [3.05, 3.63) is 53.6 Å². The van der Waals surface area contributed by atoms with Gasteiger partial charge < -0.3 is 10.3 Å². The lowest BCUT2D eigenvalue weighted by Crippen LogP contribution is -2.47. The number of nitrogens with two attached hydrogens (primary N) is 1. The molecule has 0 saturated heterocycles. The lowest BCUT2D eigenvalue weighted by Gasteiger charge is -2.31. The quantitative estimate of drug-likeness (QED) is 0.281. The van der Waals surface area contributed by atoms with E-state index in [1.807, 2.05) is 30.5 Å². The van der Waals surface area contributed by atoms with Crippen LogP contribution >= 0.6 is 0 Å². The summed E-state index contributed by atoms with van der Waals surface area (Å²) in [5.74, 6) is 0.406. The average Bonchev–Trinajstić information content (AvgIpc) is 3.29. The van der Waals surface area contributed by atoms with E-state index < -0.39 is 25.5 Å². The molecule has 35 heavy (non-hydrogen) atoms. The smallest absolute Gasteiger partial charge is 0.181 e. The van der Waals surface area contributed by atoms with Gasteiger partial charge in [-0.15, -0.1) is 0 Å². The molecule has 0 fully saturated rings. The summed E-state index contributed by atoms with van der Waals surface area (Å²) in [7, 11) is 3.99. The third-order valence-corrected chi connectivity index (χ3v) is 8.96. The van der Waals surface area contributed by atoms with Crippen LogP contribution in [0.25, 0.3) is 22.8 Å². The van der Waals surface area contributed by atoms with Crippen LogP contribution in [0.1, 0.15) is 31.9 Å². The van der Waals surface area contributed by atoms with Crippen LogP contribution in [-0.4, -0.2) is 65.7 Å². The van der Waals surface area contributed by atoms with Crippen LogP contribution in [0.15, 0.2) is 50.5 Å². The second-order valence-corrected chi connectivity index (χ2v) is 12.6. The Kier molecular flexibility index (Phi) is 7.59. The number of amidine groups is 1. The van der Waals surface area contributed by atoms with Crippen molar-refractivity contribution in [1.82, 2.24) is 15.1 Å². The van der Waals surface area contributed by atoms with Crippen LogP contribution in [0.4, 0.5) is 4.39 Å². The van der Waals surface area contributed by atoms with Gasteiger partial charge in [-0.3, -0.25) is 9.36 Å². The standard InChI is InChI=1S/C22H30B3FN6O2S/c1-5-13-10-29-19(30-11-13)17-9-18(34-31-17)14-6-7-16(26)15(8-14)12-35(33,32-22(23,24)25)21(2,3)20(27)28-4/h6-11H,5,12,23-25H2,1-4H3,(H2,27,28). The Hall–Kier alpha value is -2.95. The minimum atomic E-state index is -3.09. The molecule has 3 aromatic rings. The maximum absolute atomic E-state index is 15.0. The van der Waals surface area contributed by atoms with Gasteiger partial charge in [0.15, 0.2) is 17.3 Å². The van der Waals surface area contributed by atoms with Crippen molar-refractivity contribution in [1.29, 1.82) is 0 Å². The van der Waals surface area contributed by atoms with Gasteiger partial charge in [-0.1, -0.05) is 12.1 Å². The lowest BCUT2D eigenvalue weighted by molar-refractivity contribution is 0.434. The summed E-state index contributed by atoms with van der Waals surface area (Å²) in [6.45, 7) is 5.47. The maximum Gasteiger partial charge on any atom is 0.181 e. The SMILES string of the molecule is BC(B)(B)N=S(=O)(Cc1cc(-c2cc(-c3ncc(CC)cn3)no2)ccc1F)C(C)(C)/C(N)=N\C. The number of aliphatic imine (C=N–C) groups is 1. The summed E-state index contributed by atoms with van der Waals surface area (Å²) < 4.78 is 38.3.